The van der Waals surface area contributed by atoms with E-state index < -0.39 is 0 Å². The molecule has 0 radical (unpaired) electrons. The van der Waals surface area contributed by atoms with Gasteiger partial charge >= 0.3 is 0 Å². The van der Waals surface area contributed by atoms with Crippen LogP contribution in [0.1, 0.15) is 25.8 Å². The first-order valence-electron chi connectivity index (χ1n) is 6.19. The van der Waals surface area contributed by atoms with Crippen molar-refractivity contribution in [3.05, 3.63) is 22.8 Å². The summed E-state index contributed by atoms with van der Waals surface area (Å²) in [4.78, 5) is 6.75. The Kier molecular flexibility index (Phi) is 3.89. The van der Waals surface area contributed by atoms with Crippen LogP contribution in [0.5, 0.6) is 0 Å². The van der Waals surface area contributed by atoms with Crippen LogP contribution in [0.3, 0.4) is 0 Å². The van der Waals surface area contributed by atoms with Gasteiger partial charge in [0.05, 0.1) is 5.02 Å². The number of pyridine rings is 1. The Morgan fingerprint density at radius 1 is 1.41 bits per heavy atom. The molecule has 1 aliphatic rings. The van der Waals surface area contributed by atoms with Crippen molar-refractivity contribution in [3.8, 4) is 0 Å². The second-order valence-electron chi connectivity index (χ2n) is 5.20. The molecular formula is C13H20ClN3. The van der Waals surface area contributed by atoms with Crippen molar-refractivity contribution < 1.29 is 0 Å². The van der Waals surface area contributed by atoms with E-state index in [2.05, 4.69) is 23.7 Å². The zero-order chi connectivity index (χ0) is 12.4. The summed E-state index contributed by atoms with van der Waals surface area (Å²) in [6, 6.07) is 1.92. The predicted octanol–water partition coefficient (Wildman–Crippen LogP) is 2.68. The molecule has 17 heavy (non-hydrogen) atoms. The minimum absolute atomic E-state index is 0.486. The van der Waals surface area contributed by atoms with Crippen LogP contribution in [0.25, 0.3) is 0 Å². The fraction of sp³-hybridized carbons (Fsp3) is 0.615. The van der Waals surface area contributed by atoms with Gasteiger partial charge < -0.3 is 10.6 Å². The molecule has 1 fully saturated rings. The number of nitrogens with two attached hydrogens (primary N) is 1. The number of nitrogens with zero attached hydrogens (tertiary/aromatic N) is 2. The summed E-state index contributed by atoms with van der Waals surface area (Å²) in [5, 5.41) is 0.717. The molecule has 0 bridgehead atoms. The van der Waals surface area contributed by atoms with Gasteiger partial charge in [-0.3, -0.25) is 0 Å². The molecule has 2 N–H and O–H groups in total. The van der Waals surface area contributed by atoms with Crippen molar-refractivity contribution in [1.29, 1.82) is 0 Å². The first-order chi connectivity index (χ1) is 8.10. The van der Waals surface area contributed by atoms with Gasteiger partial charge in [0.25, 0.3) is 0 Å². The topological polar surface area (TPSA) is 42.2 Å². The third-order valence-electron chi connectivity index (χ3n) is 3.28. The number of piperidine rings is 1. The van der Waals surface area contributed by atoms with Gasteiger partial charge in [-0.25, -0.2) is 4.98 Å². The molecule has 1 aromatic heterocycles. The lowest BCUT2D eigenvalue weighted by molar-refractivity contribution is 0.355. The molecule has 94 valence electrons. The van der Waals surface area contributed by atoms with E-state index in [0.717, 1.165) is 24.5 Å². The Hall–Kier alpha value is -0.800. The summed E-state index contributed by atoms with van der Waals surface area (Å²) in [6.07, 6.45) is 3.11. The summed E-state index contributed by atoms with van der Waals surface area (Å²) < 4.78 is 0. The van der Waals surface area contributed by atoms with E-state index in [1.807, 2.05) is 12.3 Å². The summed E-state index contributed by atoms with van der Waals surface area (Å²) >= 11 is 6.28. The van der Waals surface area contributed by atoms with Crippen LogP contribution in [0, 0.1) is 11.8 Å². The van der Waals surface area contributed by atoms with Crippen LogP contribution in [-0.2, 0) is 6.54 Å². The highest BCUT2D eigenvalue weighted by molar-refractivity contribution is 6.33. The molecule has 1 aliphatic heterocycles. The van der Waals surface area contributed by atoms with Gasteiger partial charge in [-0.1, -0.05) is 25.4 Å². The van der Waals surface area contributed by atoms with Crippen LogP contribution >= 0.6 is 11.6 Å². The number of anilines is 1. The van der Waals surface area contributed by atoms with Crippen LogP contribution in [0.4, 0.5) is 5.82 Å². The zero-order valence-electron chi connectivity index (χ0n) is 10.5. The molecule has 0 amide bonds. The number of hydrogen-bond acceptors (Lipinski definition) is 3. The summed E-state index contributed by atoms with van der Waals surface area (Å²) in [5.74, 6) is 2.30. The minimum Gasteiger partial charge on any atom is -0.355 e. The van der Waals surface area contributed by atoms with Gasteiger partial charge in [0.1, 0.15) is 5.82 Å². The van der Waals surface area contributed by atoms with Gasteiger partial charge in [0.2, 0.25) is 0 Å². The summed E-state index contributed by atoms with van der Waals surface area (Å²) in [5.41, 5.74) is 6.56. The van der Waals surface area contributed by atoms with Crippen molar-refractivity contribution in [2.45, 2.75) is 26.8 Å². The molecule has 3 nitrogen and oxygen atoms in total. The fourth-order valence-corrected chi connectivity index (χ4v) is 2.96. The van der Waals surface area contributed by atoms with Gasteiger partial charge in [-0.15, -0.1) is 0 Å². The Morgan fingerprint density at radius 3 is 2.59 bits per heavy atom. The maximum Gasteiger partial charge on any atom is 0.147 e. The number of halogens is 1. The van der Waals surface area contributed by atoms with Crippen molar-refractivity contribution in [3.63, 3.8) is 0 Å². The summed E-state index contributed by atoms with van der Waals surface area (Å²) in [7, 11) is 0. The van der Waals surface area contributed by atoms with E-state index in [-0.39, 0.29) is 0 Å². The largest absolute Gasteiger partial charge is 0.355 e. The predicted molar refractivity (Wildman–Crippen MR) is 72.3 cm³/mol. The van der Waals surface area contributed by atoms with Crippen molar-refractivity contribution in [1.82, 2.24) is 4.98 Å². The first-order valence-corrected chi connectivity index (χ1v) is 6.57. The van der Waals surface area contributed by atoms with Crippen molar-refractivity contribution in [2.75, 3.05) is 18.0 Å². The SMILES string of the molecule is CC1CC(C)CN(c2ncc(CN)cc2Cl)C1. The molecule has 2 rings (SSSR count). The third-order valence-corrected chi connectivity index (χ3v) is 3.56. The number of hydrogen-bond donors (Lipinski definition) is 1. The second kappa shape index (κ2) is 5.23. The smallest absolute Gasteiger partial charge is 0.147 e. The molecule has 2 unspecified atom stereocenters. The quantitative estimate of drug-likeness (QED) is 0.881. The Morgan fingerprint density at radius 2 is 2.06 bits per heavy atom. The second-order valence-corrected chi connectivity index (χ2v) is 5.61. The van der Waals surface area contributed by atoms with Crippen molar-refractivity contribution in [2.24, 2.45) is 17.6 Å². The van der Waals surface area contributed by atoms with E-state index in [9.17, 15) is 0 Å². The molecule has 1 saturated heterocycles. The van der Waals surface area contributed by atoms with Gasteiger partial charge in [-0.05, 0) is 29.9 Å². The lowest BCUT2D eigenvalue weighted by atomic mass is 9.92. The van der Waals surface area contributed by atoms with E-state index >= 15 is 0 Å². The molecular weight excluding hydrogens is 234 g/mol. The number of rotatable bonds is 2. The normalized spacial score (nSPS) is 25.1. The highest BCUT2D eigenvalue weighted by Gasteiger charge is 2.24. The molecule has 4 heteroatoms. The lowest BCUT2D eigenvalue weighted by Gasteiger charge is -2.36. The molecule has 0 saturated carbocycles. The van der Waals surface area contributed by atoms with Gasteiger partial charge in [0, 0.05) is 25.8 Å². The van der Waals surface area contributed by atoms with Gasteiger partial charge in [-0.2, -0.15) is 0 Å². The molecule has 1 aromatic rings. The highest BCUT2D eigenvalue weighted by atomic mass is 35.5. The van der Waals surface area contributed by atoms with Crippen LogP contribution in [-0.4, -0.2) is 18.1 Å². The van der Waals surface area contributed by atoms with Crippen LogP contribution in [0.15, 0.2) is 12.3 Å². The van der Waals surface area contributed by atoms with E-state index in [1.54, 1.807) is 0 Å². The highest BCUT2D eigenvalue weighted by Crippen LogP contribution is 2.30. The van der Waals surface area contributed by atoms with E-state index in [4.69, 9.17) is 17.3 Å². The fourth-order valence-electron chi connectivity index (χ4n) is 2.65. The molecule has 0 aromatic carbocycles. The van der Waals surface area contributed by atoms with Crippen LogP contribution in [0.2, 0.25) is 5.02 Å². The first kappa shape index (κ1) is 12.7. The summed E-state index contributed by atoms with van der Waals surface area (Å²) in [6.45, 7) is 7.13. The maximum absolute atomic E-state index is 6.28. The molecule has 2 heterocycles. The monoisotopic (exact) mass is 253 g/mol. The average molecular weight is 254 g/mol. The Bertz CT molecular complexity index is 384. The zero-order valence-corrected chi connectivity index (χ0v) is 11.2. The van der Waals surface area contributed by atoms with Crippen LogP contribution < -0.4 is 10.6 Å². The van der Waals surface area contributed by atoms with E-state index in [0.29, 0.717) is 23.4 Å². The van der Waals surface area contributed by atoms with Crippen molar-refractivity contribution >= 4 is 17.4 Å². The third kappa shape index (κ3) is 2.90. The molecule has 0 spiro atoms. The molecule has 2 atom stereocenters. The molecule has 0 aliphatic carbocycles. The number of aromatic nitrogens is 1. The Balaban J connectivity index is 2.21. The van der Waals surface area contributed by atoms with Gasteiger partial charge in [0.15, 0.2) is 0 Å². The average Bonchev–Trinajstić information content (AvgIpc) is 2.27. The lowest BCUT2D eigenvalue weighted by Crippen LogP contribution is -2.39. The maximum atomic E-state index is 6.28. The minimum atomic E-state index is 0.486. The Labute approximate surface area is 108 Å². The standard InChI is InChI=1S/C13H20ClN3/c1-9-3-10(2)8-17(7-9)13-12(14)4-11(5-15)6-16-13/h4,6,9-10H,3,5,7-8,15H2,1-2H3. The van der Waals surface area contributed by atoms with E-state index in [1.165, 1.54) is 6.42 Å².